The average molecular weight is 255 g/mol. The summed E-state index contributed by atoms with van der Waals surface area (Å²) < 4.78 is 1.85. The van der Waals surface area contributed by atoms with Gasteiger partial charge >= 0.3 is 0 Å². The van der Waals surface area contributed by atoms with E-state index in [0.717, 1.165) is 22.0 Å². The molecule has 1 aromatic heterocycles. The molecular weight excluding hydrogens is 244 g/mol. The summed E-state index contributed by atoms with van der Waals surface area (Å²) in [6.45, 7) is 0. The van der Waals surface area contributed by atoms with Crippen molar-refractivity contribution in [3.63, 3.8) is 0 Å². The van der Waals surface area contributed by atoms with Crippen LogP contribution in [-0.4, -0.2) is 9.78 Å². The summed E-state index contributed by atoms with van der Waals surface area (Å²) in [5, 5.41) is 5.28. The minimum Gasteiger partial charge on any atom is -0.240 e. The lowest BCUT2D eigenvalue weighted by molar-refractivity contribution is 0.884. The van der Waals surface area contributed by atoms with Crippen molar-refractivity contribution in [2.24, 2.45) is 0 Å². The molecule has 0 atom stereocenters. The van der Waals surface area contributed by atoms with Crippen molar-refractivity contribution >= 4 is 11.6 Å². The average Bonchev–Trinajstić information content (AvgIpc) is 2.90. The van der Waals surface area contributed by atoms with Gasteiger partial charge in [0.2, 0.25) is 0 Å². The van der Waals surface area contributed by atoms with Crippen molar-refractivity contribution in [3.8, 4) is 16.9 Å². The molecule has 0 fully saturated rings. The Morgan fingerprint density at radius 3 is 2.28 bits per heavy atom. The zero-order chi connectivity index (χ0) is 12.4. The van der Waals surface area contributed by atoms with Crippen LogP contribution in [0.2, 0.25) is 5.02 Å². The molecule has 0 saturated heterocycles. The first-order valence-corrected chi connectivity index (χ1v) is 6.08. The largest absolute Gasteiger partial charge is 0.240 e. The second-order valence-electron chi connectivity index (χ2n) is 3.99. The Kier molecular flexibility index (Phi) is 2.87. The predicted octanol–water partition coefficient (Wildman–Crippen LogP) is 4.19. The molecule has 0 amide bonds. The smallest absolute Gasteiger partial charge is 0.0927 e. The molecule has 2 nitrogen and oxygen atoms in total. The van der Waals surface area contributed by atoms with E-state index in [-0.39, 0.29) is 0 Å². The Bertz CT molecular complexity index is 642. The fourth-order valence-electron chi connectivity index (χ4n) is 1.82. The molecule has 88 valence electrons. The maximum Gasteiger partial charge on any atom is 0.0927 e. The summed E-state index contributed by atoms with van der Waals surface area (Å²) in [6, 6.07) is 19.7. The van der Waals surface area contributed by atoms with Crippen LogP contribution in [0.3, 0.4) is 0 Å². The lowest BCUT2D eigenvalue weighted by atomic mass is 10.2. The van der Waals surface area contributed by atoms with Gasteiger partial charge in [0.15, 0.2) is 0 Å². The Morgan fingerprint density at radius 2 is 1.56 bits per heavy atom. The monoisotopic (exact) mass is 254 g/mol. The molecule has 0 unspecified atom stereocenters. The molecular formula is C15H11ClN2. The number of hydrogen-bond acceptors (Lipinski definition) is 1. The van der Waals surface area contributed by atoms with E-state index >= 15 is 0 Å². The van der Waals surface area contributed by atoms with Gasteiger partial charge in [0.05, 0.1) is 11.4 Å². The lowest BCUT2D eigenvalue weighted by Gasteiger charge is -2.01. The van der Waals surface area contributed by atoms with Crippen LogP contribution in [0.1, 0.15) is 0 Å². The molecule has 3 rings (SSSR count). The van der Waals surface area contributed by atoms with Crippen molar-refractivity contribution in [1.82, 2.24) is 9.78 Å². The third kappa shape index (κ3) is 2.15. The van der Waals surface area contributed by atoms with E-state index in [4.69, 9.17) is 11.6 Å². The molecule has 18 heavy (non-hydrogen) atoms. The van der Waals surface area contributed by atoms with Gasteiger partial charge in [0, 0.05) is 16.8 Å². The highest BCUT2D eigenvalue weighted by Gasteiger charge is 2.02. The molecule has 0 bridgehead atoms. The van der Waals surface area contributed by atoms with Crippen molar-refractivity contribution < 1.29 is 0 Å². The summed E-state index contributed by atoms with van der Waals surface area (Å²) in [4.78, 5) is 0. The van der Waals surface area contributed by atoms with Gasteiger partial charge in [-0.3, -0.25) is 0 Å². The van der Waals surface area contributed by atoms with E-state index in [2.05, 4.69) is 17.2 Å². The third-order valence-electron chi connectivity index (χ3n) is 2.75. The summed E-state index contributed by atoms with van der Waals surface area (Å²) in [6.07, 6.45) is 1.95. The highest BCUT2D eigenvalue weighted by Crippen LogP contribution is 2.18. The molecule has 0 spiro atoms. The Hall–Kier alpha value is -2.06. The zero-order valence-electron chi connectivity index (χ0n) is 9.62. The normalized spacial score (nSPS) is 10.5. The third-order valence-corrected chi connectivity index (χ3v) is 3.00. The molecule has 0 saturated carbocycles. The van der Waals surface area contributed by atoms with E-state index in [1.807, 2.05) is 59.4 Å². The van der Waals surface area contributed by atoms with E-state index < -0.39 is 0 Å². The molecule has 3 aromatic rings. The van der Waals surface area contributed by atoms with Crippen molar-refractivity contribution in [2.75, 3.05) is 0 Å². The number of benzene rings is 2. The highest BCUT2D eigenvalue weighted by molar-refractivity contribution is 6.30. The number of nitrogens with zero attached hydrogens (tertiary/aromatic N) is 2. The van der Waals surface area contributed by atoms with Gasteiger partial charge in [-0.25, -0.2) is 4.68 Å². The summed E-state index contributed by atoms with van der Waals surface area (Å²) in [5.41, 5.74) is 3.08. The Morgan fingerprint density at radius 1 is 0.833 bits per heavy atom. The summed E-state index contributed by atoms with van der Waals surface area (Å²) >= 11 is 5.87. The van der Waals surface area contributed by atoms with Gasteiger partial charge in [-0.1, -0.05) is 41.9 Å². The van der Waals surface area contributed by atoms with Gasteiger partial charge in [-0.15, -0.1) is 0 Å². The maximum absolute atomic E-state index is 5.87. The number of halogens is 1. The molecule has 0 aliphatic carbocycles. The minimum atomic E-state index is 0.731. The van der Waals surface area contributed by atoms with Crippen LogP contribution in [0, 0.1) is 0 Å². The fourth-order valence-corrected chi connectivity index (χ4v) is 1.95. The second-order valence-corrected chi connectivity index (χ2v) is 4.42. The first-order chi connectivity index (χ1) is 8.83. The van der Waals surface area contributed by atoms with Crippen LogP contribution in [0.4, 0.5) is 0 Å². The van der Waals surface area contributed by atoms with Crippen molar-refractivity contribution in [3.05, 3.63) is 71.9 Å². The fraction of sp³-hybridized carbons (Fsp3) is 0. The van der Waals surface area contributed by atoms with Crippen molar-refractivity contribution in [1.29, 1.82) is 0 Å². The van der Waals surface area contributed by atoms with Crippen LogP contribution < -0.4 is 0 Å². The van der Waals surface area contributed by atoms with Gasteiger partial charge in [0.1, 0.15) is 0 Å². The first-order valence-electron chi connectivity index (χ1n) is 5.70. The second kappa shape index (κ2) is 4.67. The molecule has 1 heterocycles. The van der Waals surface area contributed by atoms with Gasteiger partial charge in [0.25, 0.3) is 0 Å². The summed E-state index contributed by atoms with van der Waals surface area (Å²) in [7, 11) is 0. The number of hydrogen-bond donors (Lipinski definition) is 0. The first kappa shape index (κ1) is 11.1. The molecule has 0 N–H and O–H groups in total. The topological polar surface area (TPSA) is 17.8 Å². The SMILES string of the molecule is Clc1ccc(-n2ccc(-c3ccccc3)n2)cc1. The number of rotatable bonds is 2. The van der Waals surface area contributed by atoms with Crippen LogP contribution in [0.15, 0.2) is 66.9 Å². The van der Waals surface area contributed by atoms with E-state index in [1.165, 1.54) is 0 Å². The lowest BCUT2D eigenvalue weighted by Crippen LogP contribution is -1.94. The maximum atomic E-state index is 5.87. The molecule has 0 aliphatic heterocycles. The van der Waals surface area contributed by atoms with Gasteiger partial charge in [-0.2, -0.15) is 5.10 Å². The Balaban J connectivity index is 1.97. The van der Waals surface area contributed by atoms with E-state index in [9.17, 15) is 0 Å². The molecule has 0 radical (unpaired) electrons. The zero-order valence-corrected chi connectivity index (χ0v) is 10.4. The van der Waals surface area contributed by atoms with E-state index in [0.29, 0.717) is 0 Å². The quantitative estimate of drug-likeness (QED) is 0.670. The van der Waals surface area contributed by atoms with Crippen LogP contribution in [-0.2, 0) is 0 Å². The standard InChI is InChI=1S/C15H11ClN2/c16-13-6-8-14(9-7-13)18-11-10-15(17-18)12-4-2-1-3-5-12/h1-11H. The van der Waals surface area contributed by atoms with Crippen molar-refractivity contribution in [2.45, 2.75) is 0 Å². The molecule has 0 aliphatic rings. The Labute approximate surface area is 110 Å². The van der Waals surface area contributed by atoms with Gasteiger partial charge < -0.3 is 0 Å². The number of aromatic nitrogens is 2. The minimum absolute atomic E-state index is 0.731. The van der Waals surface area contributed by atoms with Crippen LogP contribution >= 0.6 is 11.6 Å². The van der Waals surface area contributed by atoms with Crippen LogP contribution in [0.5, 0.6) is 0 Å². The highest BCUT2D eigenvalue weighted by atomic mass is 35.5. The molecule has 2 aromatic carbocycles. The predicted molar refractivity (Wildman–Crippen MR) is 74.0 cm³/mol. The summed E-state index contributed by atoms with van der Waals surface area (Å²) in [5.74, 6) is 0. The van der Waals surface area contributed by atoms with E-state index in [1.54, 1.807) is 0 Å². The van der Waals surface area contributed by atoms with Crippen LogP contribution in [0.25, 0.3) is 16.9 Å². The molecule has 3 heteroatoms. The van der Waals surface area contributed by atoms with Gasteiger partial charge in [-0.05, 0) is 30.3 Å².